The molecule has 0 saturated carbocycles. The summed E-state index contributed by atoms with van der Waals surface area (Å²) in [6.45, 7) is 3.01. The minimum Gasteiger partial charge on any atom is -0.486 e. The van der Waals surface area contributed by atoms with E-state index in [0.717, 1.165) is 5.56 Å². The van der Waals surface area contributed by atoms with E-state index in [4.69, 9.17) is 9.47 Å². The highest BCUT2D eigenvalue weighted by Crippen LogP contribution is 2.35. The molecule has 28 heavy (non-hydrogen) atoms. The number of hydrogen-bond acceptors (Lipinski definition) is 5. The highest BCUT2D eigenvalue weighted by atomic mass is 32.2. The third-order valence-corrected chi connectivity index (χ3v) is 6.96. The van der Waals surface area contributed by atoms with Crippen LogP contribution >= 0.6 is 0 Å². The van der Waals surface area contributed by atoms with Crippen LogP contribution in [0.15, 0.2) is 53.4 Å². The van der Waals surface area contributed by atoms with Crippen LogP contribution in [-0.2, 0) is 14.8 Å². The summed E-state index contributed by atoms with van der Waals surface area (Å²) in [4.78, 5) is 12.8. The number of carbonyl (C=O) groups is 1. The van der Waals surface area contributed by atoms with Crippen molar-refractivity contribution in [3.8, 4) is 11.5 Å². The lowest BCUT2D eigenvalue weighted by Crippen LogP contribution is -2.58. The Balaban J connectivity index is 1.49. The van der Waals surface area contributed by atoms with Crippen LogP contribution in [0, 0.1) is 0 Å². The maximum atomic E-state index is 13.0. The molecule has 148 valence electrons. The molecule has 0 spiro atoms. The summed E-state index contributed by atoms with van der Waals surface area (Å²) in [6.07, 6.45) is 0.497. The summed E-state index contributed by atoms with van der Waals surface area (Å²) in [6, 6.07) is 13.2. The Bertz CT molecular complexity index is 977. The molecular formula is C20H22N2O5S. The van der Waals surface area contributed by atoms with Crippen LogP contribution in [0.2, 0.25) is 0 Å². The Kier molecular flexibility index (Phi) is 4.99. The fourth-order valence-electron chi connectivity index (χ4n) is 3.37. The van der Waals surface area contributed by atoms with Gasteiger partial charge in [-0.15, -0.1) is 0 Å². The molecule has 1 saturated heterocycles. The first kappa shape index (κ1) is 18.8. The summed E-state index contributed by atoms with van der Waals surface area (Å²) in [5, 5.41) is 2.91. The molecule has 8 heteroatoms. The topological polar surface area (TPSA) is 84.9 Å². The molecule has 2 aromatic rings. The molecule has 0 aromatic heterocycles. The summed E-state index contributed by atoms with van der Waals surface area (Å²) >= 11 is 0. The quantitative estimate of drug-likeness (QED) is 0.828. The van der Waals surface area contributed by atoms with Gasteiger partial charge in [0, 0.05) is 12.6 Å². The fourth-order valence-corrected chi connectivity index (χ4v) is 5.02. The molecule has 2 atom stereocenters. The predicted molar refractivity (Wildman–Crippen MR) is 103 cm³/mol. The smallest absolute Gasteiger partial charge is 0.243 e. The highest BCUT2D eigenvalue weighted by Gasteiger charge is 2.43. The normalized spacial score (nSPS) is 20.1. The molecule has 1 N–H and O–H groups in total. The SMILES string of the molecule is C[C@@H](NC(=O)[C@H]1CCN1S(=O)(=O)c1ccc2c(c1)OCCO2)c1ccccc1. The predicted octanol–water partition coefficient (Wildman–Crippen LogP) is 2.10. The van der Waals surface area contributed by atoms with Gasteiger partial charge in [0.2, 0.25) is 15.9 Å². The van der Waals surface area contributed by atoms with Crippen molar-refractivity contribution in [2.45, 2.75) is 30.3 Å². The molecule has 0 radical (unpaired) electrons. The molecule has 2 aliphatic rings. The Labute approximate surface area is 164 Å². The maximum absolute atomic E-state index is 13.0. The summed E-state index contributed by atoms with van der Waals surface area (Å²) in [5.74, 6) is 0.648. The summed E-state index contributed by atoms with van der Waals surface area (Å²) in [5.41, 5.74) is 0.969. The largest absolute Gasteiger partial charge is 0.486 e. The van der Waals surface area contributed by atoms with Gasteiger partial charge in [-0.2, -0.15) is 4.31 Å². The third kappa shape index (κ3) is 3.45. The second kappa shape index (κ2) is 7.44. The van der Waals surface area contributed by atoms with Crippen LogP contribution in [0.5, 0.6) is 11.5 Å². The van der Waals surface area contributed by atoms with E-state index in [2.05, 4.69) is 5.32 Å². The molecule has 1 amide bonds. The first-order valence-corrected chi connectivity index (χ1v) is 10.7. The number of hydrogen-bond donors (Lipinski definition) is 1. The van der Waals surface area contributed by atoms with Gasteiger partial charge in [-0.3, -0.25) is 4.79 Å². The zero-order valence-electron chi connectivity index (χ0n) is 15.5. The average Bonchev–Trinajstić information content (AvgIpc) is 2.67. The van der Waals surface area contributed by atoms with Gasteiger partial charge in [-0.05, 0) is 31.0 Å². The van der Waals surface area contributed by atoms with Crippen molar-refractivity contribution in [1.29, 1.82) is 0 Å². The van der Waals surface area contributed by atoms with Crippen molar-refractivity contribution in [3.63, 3.8) is 0 Å². The Hall–Kier alpha value is -2.58. The summed E-state index contributed by atoms with van der Waals surface area (Å²) < 4.78 is 38.2. The van der Waals surface area contributed by atoms with Gasteiger partial charge in [0.1, 0.15) is 19.3 Å². The van der Waals surface area contributed by atoms with Crippen LogP contribution in [0.25, 0.3) is 0 Å². The van der Waals surface area contributed by atoms with E-state index in [9.17, 15) is 13.2 Å². The fraction of sp³-hybridized carbons (Fsp3) is 0.350. The number of nitrogens with zero attached hydrogens (tertiary/aromatic N) is 1. The van der Waals surface area contributed by atoms with E-state index >= 15 is 0 Å². The van der Waals surface area contributed by atoms with E-state index in [0.29, 0.717) is 37.7 Å². The standard InChI is InChI=1S/C20H22N2O5S/c1-14(15-5-3-2-4-6-15)21-20(23)17-9-10-22(17)28(24,25)16-7-8-18-19(13-16)27-12-11-26-18/h2-8,13-14,17H,9-12H2,1H3,(H,21,23)/t14-,17-/m1/s1. The number of fused-ring (bicyclic) bond motifs is 1. The Morgan fingerprint density at radius 3 is 2.50 bits per heavy atom. The Morgan fingerprint density at radius 2 is 1.82 bits per heavy atom. The van der Waals surface area contributed by atoms with Gasteiger partial charge in [-0.25, -0.2) is 8.42 Å². The number of nitrogens with one attached hydrogen (secondary N) is 1. The van der Waals surface area contributed by atoms with Crippen molar-refractivity contribution >= 4 is 15.9 Å². The average molecular weight is 402 g/mol. The van der Waals surface area contributed by atoms with Gasteiger partial charge in [-0.1, -0.05) is 30.3 Å². The van der Waals surface area contributed by atoms with E-state index < -0.39 is 16.1 Å². The van der Waals surface area contributed by atoms with Crippen molar-refractivity contribution < 1.29 is 22.7 Å². The number of carbonyl (C=O) groups excluding carboxylic acids is 1. The van der Waals surface area contributed by atoms with Gasteiger partial charge < -0.3 is 14.8 Å². The van der Waals surface area contributed by atoms with Crippen molar-refractivity contribution in [3.05, 3.63) is 54.1 Å². The number of benzene rings is 2. The zero-order valence-corrected chi connectivity index (χ0v) is 16.3. The monoisotopic (exact) mass is 402 g/mol. The molecule has 1 fully saturated rings. The Morgan fingerprint density at radius 1 is 1.11 bits per heavy atom. The lowest BCUT2D eigenvalue weighted by atomic mass is 10.0. The van der Waals surface area contributed by atoms with Gasteiger partial charge >= 0.3 is 0 Å². The van der Waals surface area contributed by atoms with Gasteiger partial charge in [0.15, 0.2) is 11.5 Å². The number of ether oxygens (including phenoxy) is 2. The van der Waals surface area contributed by atoms with Gasteiger partial charge in [0.05, 0.1) is 10.9 Å². The first-order chi connectivity index (χ1) is 13.5. The molecule has 4 rings (SSSR count). The second-order valence-corrected chi connectivity index (χ2v) is 8.76. The van der Waals surface area contributed by atoms with Crippen LogP contribution in [0.4, 0.5) is 0 Å². The lowest BCUT2D eigenvalue weighted by Gasteiger charge is -2.39. The van der Waals surface area contributed by atoms with E-state index in [1.54, 1.807) is 6.07 Å². The third-order valence-electron chi connectivity index (χ3n) is 5.05. The molecule has 2 aromatic carbocycles. The number of rotatable bonds is 5. The molecule has 2 aliphatic heterocycles. The first-order valence-electron chi connectivity index (χ1n) is 9.23. The van der Waals surface area contributed by atoms with Gasteiger partial charge in [0.25, 0.3) is 0 Å². The molecular weight excluding hydrogens is 380 g/mol. The highest BCUT2D eigenvalue weighted by molar-refractivity contribution is 7.89. The zero-order chi connectivity index (χ0) is 19.7. The van der Waals surface area contributed by atoms with Crippen LogP contribution in [-0.4, -0.2) is 44.4 Å². The van der Waals surface area contributed by atoms with Crippen LogP contribution in [0.1, 0.15) is 24.9 Å². The maximum Gasteiger partial charge on any atom is 0.243 e. The molecule has 0 unspecified atom stereocenters. The minimum absolute atomic E-state index is 0.102. The number of sulfonamides is 1. The van der Waals surface area contributed by atoms with Crippen molar-refractivity contribution in [1.82, 2.24) is 9.62 Å². The molecule has 0 aliphatic carbocycles. The number of amides is 1. The minimum atomic E-state index is -3.79. The van der Waals surface area contributed by atoms with E-state index in [-0.39, 0.29) is 16.8 Å². The lowest BCUT2D eigenvalue weighted by molar-refractivity contribution is -0.128. The van der Waals surface area contributed by atoms with Crippen molar-refractivity contribution in [2.24, 2.45) is 0 Å². The van der Waals surface area contributed by atoms with E-state index in [1.165, 1.54) is 16.4 Å². The van der Waals surface area contributed by atoms with Crippen molar-refractivity contribution in [2.75, 3.05) is 19.8 Å². The molecule has 2 heterocycles. The molecule has 0 bridgehead atoms. The summed E-state index contributed by atoms with van der Waals surface area (Å²) in [7, 11) is -3.79. The van der Waals surface area contributed by atoms with Crippen LogP contribution < -0.4 is 14.8 Å². The molecule has 7 nitrogen and oxygen atoms in total. The van der Waals surface area contributed by atoms with E-state index in [1.807, 2.05) is 37.3 Å². The van der Waals surface area contributed by atoms with Crippen LogP contribution in [0.3, 0.4) is 0 Å². The second-order valence-electron chi connectivity index (χ2n) is 6.87.